The van der Waals surface area contributed by atoms with Gasteiger partial charge in [0, 0.05) is 13.5 Å². The van der Waals surface area contributed by atoms with Crippen molar-refractivity contribution in [3.63, 3.8) is 0 Å². The maximum atomic E-state index is 10.7. The topological polar surface area (TPSA) is 99.0 Å². The highest BCUT2D eigenvalue weighted by atomic mass is 127. The van der Waals surface area contributed by atoms with Gasteiger partial charge in [0.1, 0.15) is 28.5 Å². The first-order chi connectivity index (χ1) is 6.93. The molecule has 1 aliphatic heterocycles. The average molecular weight is 331 g/mol. The number of hydrogen-bond acceptors (Lipinski definition) is 5. The molecule has 1 fully saturated rings. The van der Waals surface area contributed by atoms with Crippen molar-refractivity contribution >= 4 is 28.5 Å². The Kier molecular flexibility index (Phi) is 4.71. The van der Waals surface area contributed by atoms with Crippen LogP contribution in [0.15, 0.2) is 0 Å². The molecule has 0 aliphatic carbocycles. The Hall–Kier alpha value is 0.0400. The Morgan fingerprint density at radius 3 is 2.47 bits per heavy atom. The summed E-state index contributed by atoms with van der Waals surface area (Å²) in [5.74, 6) is -0.239. The number of nitrogens with one attached hydrogen (secondary N) is 1. The second kappa shape index (κ2) is 5.39. The van der Waals surface area contributed by atoms with E-state index in [-0.39, 0.29) is 12.5 Å². The minimum atomic E-state index is -1.25. The van der Waals surface area contributed by atoms with Crippen LogP contribution in [0.5, 0.6) is 0 Å². The van der Waals surface area contributed by atoms with Crippen LogP contribution in [-0.2, 0) is 9.53 Å². The molecule has 1 amide bonds. The number of rotatable bonds is 2. The van der Waals surface area contributed by atoms with Crippen molar-refractivity contribution in [3.8, 4) is 0 Å². The van der Waals surface area contributed by atoms with Gasteiger partial charge < -0.3 is 25.4 Å². The third-order valence-electron chi connectivity index (χ3n) is 2.21. The molecule has 7 heteroatoms. The number of amides is 1. The summed E-state index contributed by atoms with van der Waals surface area (Å²) in [4.78, 5) is 10.7. The largest absolute Gasteiger partial charge is 0.388 e. The molecule has 0 aromatic rings. The highest BCUT2D eigenvalue weighted by Gasteiger charge is 2.42. The van der Waals surface area contributed by atoms with Gasteiger partial charge in [0.15, 0.2) is 0 Å². The Morgan fingerprint density at radius 1 is 1.33 bits per heavy atom. The van der Waals surface area contributed by atoms with Crippen molar-refractivity contribution < 1.29 is 24.9 Å². The number of aliphatic hydroxyl groups is 3. The van der Waals surface area contributed by atoms with Crippen LogP contribution < -0.4 is 5.32 Å². The van der Waals surface area contributed by atoms with Crippen LogP contribution in [0, 0.1) is 0 Å². The van der Waals surface area contributed by atoms with Crippen molar-refractivity contribution in [3.05, 3.63) is 0 Å². The molecule has 0 bridgehead atoms. The predicted octanol–water partition coefficient (Wildman–Crippen LogP) is -1.63. The fraction of sp³-hybridized carbons (Fsp3) is 0.875. The van der Waals surface area contributed by atoms with E-state index in [1.165, 1.54) is 6.92 Å². The number of hydrogen-bond donors (Lipinski definition) is 4. The van der Waals surface area contributed by atoms with Gasteiger partial charge in [-0.3, -0.25) is 4.79 Å². The van der Waals surface area contributed by atoms with E-state index in [1.807, 2.05) is 22.6 Å². The molecule has 0 spiro atoms. The number of halogens is 1. The molecule has 6 nitrogen and oxygen atoms in total. The normalized spacial score (nSPS) is 41.3. The number of ether oxygens (including phenoxy) is 1. The fourth-order valence-corrected chi connectivity index (χ4v) is 2.12. The molecule has 15 heavy (non-hydrogen) atoms. The standard InChI is InChI=1S/C8H14INO5/c1-3(11)10-2-4-5(12)6(13)7(14)8(9)15-4/h4-8,12-14H,2H2,1H3,(H,10,11)/t4?,5-,6?,7?,8-/m1/s1. The first kappa shape index (κ1) is 13.1. The van der Waals surface area contributed by atoms with Crippen LogP contribution in [-0.4, -0.2) is 56.3 Å². The predicted molar refractivity (Wildman–Crippen MR) is 59.4 cm³/mol. The second-order valence-electron chi connectivity index (χ2n) is 3.43. The summed E-state index contributed by atoms with van der Waals surface area (Å²) >= 11 is 1.82. The van der Waals surface area contributed by atoms with E-state index in [9.17, 15) is 20.1 Å². The summed E-state index contributed by atoms with van der Waals surface area (Å²) in [6, 6.07) is 0. The van der Waals surface area contributed by atoms with Gasteiger partial charge in [-0.05, 0) is 22.6 Å². The van der Waals surface area contributed by atoms with E-state index in [0.29, 0.717) is 0 Å². The summed E-state index contributed by atoms with van der Waals surface area (Å²) < 4.78 is 4.65. The first-order valence-corrected chi connectivity index (χ1v) is 5.76. The van der Waals surface area contributed by atoms with Gasteiger partial charge in [-0.2, -0.15) is 0 Å². The van der Waals surface area contributed by atoms with Crippen LogP contribution in [0.25, 0.3) is 0 Å². The van der Waals surface area contributed by atoms with E-state index in [4.69, 9.17) is 4.74 Å². The zero-order chi connectivity index (χ0) is 11.6. The molecule has 0 saturated carbocycles. The molecule has 0 aromatic carbocycles. The van der Waals surface area contributed by atoms with E-state index in [1.54, 1.807) is 0 Å². The maximum Gasteiger partial charge on any atom is 0.216 e. The Bertz CT molecular complexity index is 239. The van der Waals surface area contributed by atoms with Crippen molar-refractivity contribution in [1.82, 2.24) is 5.32 Å². The van der Waals surface area contributed by atoms with E-state index < -0.39 is 28.5 Å². The summed E-state index contributed by atoms with van der Waals surface area (Å²) in [6.07, 6.45) is -4.26. The maximum absolute atomic E-state index is 10.7. The zero-order valence-corrected chi connectivity index (χ0v) is 10.3. The lowest BCUT2D eigenvalue weighted by Gasteiger charge is -2.38. The monoisotopic (exact) mass is 331 g/mol. The molecule has 1 aliphatic rings. The van der Waals surface area contributed by atoms with Crippen LogP contribution in [0.4, 0.5) is 0 Å². The van der Waals surface area contributed by atoms with Crippen LogP contribution in [0.2, 0.25) is 0 Å². The molecule has 0 aromatic heterocycles. The van der Waals surface area contributed by atoms with Gasteiger partial charge in [0.05, 0.1) is 0 Å². The summed E-state index contributed by atoms with van der Waals surface area (Å²) in [5.41, 5.74) is 0. The summed E-state index contributed by atoms with van der Waals surface area (Å²) in [6.45, 7) is 1.46. The van der Waals surface area contributed by atoms with E-state index >= 15 is 0 Å². The lowest BCUT2D eigenvalue weighted by Crippen LogP contribution is -2.58. The highest BCUT2D eigenvalue weighted by molar-refractivity contribution is 14.1. The lowest BCUT2D eigenvalue weighted by atomic mass is 10.00. The van der Waals surface area contributed by atoms with Gasteiger partial charge >= 0.3 is 0 Å². The molecule has 88 valence electrons. The van der Waals surface area contributed by atoms with Gasteiger partial charge in [-0.1, -0.05) is 0 Å². The van der Waals surface area contributed by atoms with Gasteiger partial charge in [-0.15, -0.1) is 0 Å². The lowest BCUT2D eigenvalue weighted by molar-refractivity contribution is -0.191. The molecule has 1 rings (SSSR count). The molecule has 5 atom stereocenters. The molecular weight excluding hydrogens is 317 g/mol. The summed E-state index contributed by atoms with van der Waals surface area (Å²) in [5, 5.41) is 30.9. The van der Waals surface area contributed by atoms with E-state index in [2.05, 4.69) is 5.32 Å². The molecular formula is C8H14INO5. The molecule has 1 heterocycles. The van der Waals surface area contributed by atoms with Gasteiger partial charge in [-0.25, -0.2) is 0 Å². The van der Waals surface area contributed by atoms with Crippen molar-refractivity contribution in [2.24, 2.45) is 0 Å². The molecule has 1 saturated heterocycles. The number of aliphatic hydroxyl groups excluding tert-OH is 3. The summed E-state index contributed by atoms with van der Waals surface area (Å²) in [7, 11) is 0. The third kappa shape index (κ3) is 3.25. The second-order valence-corrected chi connectivity index (χ2v) is 4.66. The molecule has 3 unspecified atom stereocenters. The quantitative estimate of drug-likeness (QED) is 0.360. The zero-order valence-electron chi connectivity index (χ0n) is 8.13. The minimum absolute atomic E-state index is 0.111. The van der Waals surface area contributed by atoms with E-state index in [0.717, 1.165) is 0 Å². The Morgan fingerprint density at radius 2 is 1.93 bits per heavy atom. The Balaban J connectivity index is 2.54. The van der Waals surface area contributed by atoms with Crippen molar-refractivity contribution in [2.75, 3.05) is 6.54 Å². The van der Waals surface area contributed by atoms with Crippen molar-refractivity contribution in [1.29, 1.82) is 0 Å². The number of carbonyl (C=O) groups is 1. The highest BCUT2D eigenvalue weighted by Crippen LogP contribution is 2.24. The average Bonchev–Trinajstić information content (AvgIpc) is 2.18. The molecule has 4 N–H and O–H groups in total. The molecule has 0 radical (unpaired) electrons. The number of alkyl halides is 1. The Labute approximate surface area is 101 Å². The first-order valence-electron chi connectivity index (χ1n) is 4.51. The van der Waals surface area contributed by atoms with Gasteiger partial charge in [0.25, 0.3) is 0 Å². The smallest absolute Gasteiger partial charge is 0.216 e. The van der Waals surface area contributed by atoms with Crippen LogP contribution in [0.3, 0.4) is 0 Å². The van der Waals surface area contributed by atoms with Gasteiger partial charge in [0.2, 0.25) is 5.91 Å². The minimum Gasteiger partial charge on any atom is -0.388 e. The number of carbonyl (C=O) groups excluding carboxylic acids is 1. The van der Waals surface area contributed by atoms with Crippen molar-refractivity contribution in [2.45, 2.75) is 35.5 Å². The fourth-order valence-electron chi connectivity index (χ4n) is 1.32. The van der Waals surface area contributed by atoms with Crippen LogP contribution >= 0.6 is 22.6 Å². The van der Waals surface area contributed by atoms with Crippen LogP contribution in [0.1, 0.15) is 6.92 Å². The SMILES string of the molecule is CC(=O)NCC1O[C@@H](I)C(O)C(O)[C@@H]1O. The third-order valence-corrected chi connectivity index (χ3v) is 3.24.